The maximum absolute atomic E-state index is 15.4. The molecule has 0 unspecified atom stereocenters. The van der Waals surface area contributed by atoms with Crippen LogP contribution in [0.15, 0.2) is 96.3 Å². The summed E-state index contributed by atoms with van der Waals surface area (Å²) >= 11 is 7.05. The van der Waals surface area contributed by atoms with Gasteiger partial charge in [0.2, 0.25) is 17.7 Å². The quantitative estimate of drug-likeness (QED) is 0.0236. The van der Waals surface area contributed by atoms with Gasteiger partial charge in [-0.15, -0.1) is 11.8 Å². The van der Waals surface area contributed by atoms with Crippen LogP contribution in [-0.2, 0) is 32.9 Å². The minimum Gasteiger partial charge on any atom is -0.494 e. The second-order valence-corrected chi connectivity index (χ2v) is 20.9. The number of alkyl halides is 3. The number of aromatic nitrogens is 1. The molecule has 2 aliphatic rings. The fourth-order valence-electron chi connectivity index (χ4n) is 8.42. The Hall–Kier alpha value is -6.89. The Kier molecular flexibility index (Phi) is 18.9. The number of carbonyl (C=O) groups is 4. The predicted molar refractivity (Wildman–Crippen MR) is 283 cm³/mol. The molecular formula is C54H60F4N8O7S2. The summed E-state index contributed by atoms with van der Waals surface area (Å²) < 4.78 is 68.3. The number of amides is 4. The van der Waals surface area contributed by atoms with Crippen molar-refractivity contribution in [2.24, 2.45) is 10.4 Å². The molecular weight excluding hydrogens is 1010 g/mol. The number of ether oxygens (including phenoxy) is 2. The molecule has 2 saturated heterocycles. The number of aliphatic hydroxyl groups excluding tert-OH is 1. The lowest BCUT2D eigenvalue weighted by atomic mass is 9.85. The van der Waals surface area contributed by atoms with Gasteiger partial charge in [-0.05, 0) is 118 Å². The Labute approximate surface area is 443 Å². The van der Waals surface area contributed by atoms with E-state index >= 15 is 4.39 Å². The van der Waals surface area contributed by atoms with Crippen LogP contribution in [0.3, 0.4) is 0 Å². The van der Waals surface area contributed by atoms with E-state index in [4.69, 9.17) is 27.0 Å². The number of hydrogen-bond acceptors (Lipinski definition) is 12. The molecule has 4 aromatic rings. The van der Waals surface area contributed by atoms with Crippen LogP contribution in [0, 0.1) is 22.6 Å². The van der Waals surface area contributed by atoms with Gasteiger partial charge in [-0.25, -0.2) is 9.37 Å². The summed E-state index contributed by atoms with van der Waals surface area (Å²) in [5, 5.41) is 25.3. The average Bonchev–Trinajstić information content (AvgIpc) is 3.83. The van der Waals surface area contributed by atoms with Gasteiger partial charge in [0.15, 0.2) is 10.9 Å². The molecule has 15 nitrogen and oxygen atoms in total. The highest BCUT2D eigenvalue weighted by atomic mass is 32.2. The second-order valence-electron chi connectivity index (χ2n) is 19.7. The van der Waals surface area contributed by atoms with Crippen molar-refractivity contribution < 1.29 is 51.3 Å². The number of β-amino-alcohol motifs (C(OH)–C–C–N with tert-alkyl or cyclic N) is 1. The monoisotopic (exact) mass is 1070 g/mol. The number of allylic oxidation sites excluding steroid dienone is 1. The van der Waals surface area contributed by atoms with E-state index in [0.717, 1.165) is 54.0 Å². The molecule has 3 N–H and O–H groups in total. The molecule has 3 aromatic carbocycles. The Morgan fingerprint density at radius 1 is 1.00 bits per heavy atom. The van der Waals surface area contributed by atoms with Gasteiger partial charge in [-0.1, -0.05) is 51.6 Å². The molecule has 3 atom stereocenters. The number of thiocarbonyl (C=S) groups is 1. The summed E-state index contributed by atoms with van der Waals surface area (Å²) in [7, 11) is 0. The van der Waals surface area contributed by atoms with E-state index in [2.05, 4.69) is 27.2 Å². The van der Waals surface area contributed by atoms with Crippen LogP contribution in [0.1, 0.15) is 106 Å². The summed E-state index contributed by atoms with van der Waals surface area (Å²) in [6.07, 6.45) is -1.57. The summed E-state index contributed by atoms with van der Waals surface area (Å²) in [5.74, 6) is -2.34. The molecule has 0 spiro atoms. The van der Waals surface area contributed by atoms with Gasteiger partial charge in [0.1, 0.15) is 28.9 Å². The molecule has 2 fully saturated rings. The van der Waals surface area contributed by atoms with Gasteiger partial charge in [-0.3, -0.25) is 29.1 Å². The molecule has 6 rings (SSSR count). The molecule has 0 bridgehead atoms. The highest BCUT2D eigenvalue weighted by Gasteiger charge is 2.52. The molecule has 398 valence electrons. The van der Waals surface area contributed by atoms with E-state index in [1.54, 1.807) is 53.7 Å². The lowest BCUT2D eigenvalue weighted by Gasteiger charge is -2.35. The van der Waals surface area contributed by atoms with Gasteiger partial charge in [-0.2, -0.15) is 18.4 Å². The van der Waals surface area contributed by atoms with Crippen LogP contribution in [0.5, 0.6) is 11.6 Å². The number of unbranched alkanes of at least 4 members (excludes halogenated alkanes) is 3. The molecule has 0 saturated carbocycles. The second kappa shape index (κ2) is 24.6. The lowest BCUT2D eigenvalue weighted by Crippen LogP contribution is -2.57. The zero-order chi connectivity index (χ0) is 54.8. The third kappa shape index (κ3) is 14.3. The lowest BCUT2D eigenvalue weighted by molar-refractivity contribution is -0.142. The van der Waals surface area contributed by atoms with Crippen LogP contribution >= 0.6 is 24.0 Å². The number of nitriles is 1. The number of likely N-dealkylation sites (tertiary alicyclic amines) is 1. The van der Waals surface area contributed by atoms with Crippen molar-refractivity contribution >= 4 is 69.6 Å². The Morgan fingerprint density at radius 3 is 2.25 bits per heavy atom. The minimum atomic E-state index is -5.20. The highest BCUT2D eigenvalue weighted by Crippen LogP contribution is 2.42. The van der Waals surface area contributed by atoms with Gasteiger partial charge < -0.3 is 35.0 Å². The third-order valence-corrected chi connectivity index (χ3v) is 13.5. The number of rotatable bonds is 21. The molecule has 75 heavy (non-hydrogen) atoms. The summed E-state index contributed by atoms with van der Waals surface area (Å²) in [5.41, 5.74) is -0.535. The smallest absolute Gasteiger partial charge is 0.420 e. The third-order valence-electron chi connectivity index (χ3n) is 12.4. The van der Waals surface area contributed by atoms with Crippen LogP contribution in [0.2, 0.25) is 0 Å². The van der Waals surface area contributed by atoms with E-state index in [0.29, 0.717) is 41.5 Å². The zero-order valence-electron chi connectivity index (χ0n) is 42.5. The van der Waals surface area contributed by atoms with Crippen molar-refractivity contribution in [1.82, 2.24) is 20.5 Å². The van der Waals surface area contributed by atoms with Crippen LogP contribution < -0.4 is 29.9 Å². The summed E-state index contributed by atoms with van der Waals surface area (Å²) in [4.78, 5) is 66.6. The molecule has 3 heterocycles. The molecule has 21 heteroatoms. The van der Waals surface area contributed by atoms with E-state index in [-0.39, 0.29) is 30.5 Å². The number of nitrogens with one attached hydrogen (secondary N) is 2. The van der Waals surface area contributed by atoms with Crippen molar-refractivity contribution in [3.05, 3.63) is 125 Å². The first-order chi connectivity index (χ1) is 35.4. The first kappa shape index (κ1) is 57.4. The summed E-state index contributed by atoms with van der Waals surface area (Å²) in [6, 6.07) is 18.6. The van der Waals surface area contributed by atoms with Gasteiger partial charge in [0.25, 0.3) is 11.8 Å². The number of anilines is 2. The van der Waals surface area contributed by atoms with E-state index in [1.807, 2.05) is 52.0 Å². The van der Waals surface area contributed by atoms with Crippen LogP contribution in [-0.4, -0.2) is 92.8 Å². The number of thioether (sulfide) groups is 1. The Balaban J connectivity index is 0.920. The van der Waals surface area contributed by atoms with Crippen LogP contribution in [0.4, 0.5) is 28.9 Å². The number of hydrogen-bond donors (Lipinski definition) is 3. The van der Waals surface area contributed by atoms with Gasteiger partial charge >= 0.3 is 6.18 Å². The number of benzene rings is 3. The van der Waals surface area contributed by atoms with Gasteiger partial charge in [0, 0.05) is 42.6 Å². The van der Waals surface area contributed by atoms with Crippen molar-refractivity contribution in [2.75, 3.05) is 29.6 Å². The summed E-state index contributed by atoms with van der Waals surface area (Å²) in [6.45, 7) is 15.0. The van der Waals surface area contributed by atoms with E-state index in [9.17, 15) is 37.5 Å². The van der Waals surface area contributed by atoms with E-state index < -0.39 is 81.6 Å². The van der Waals surface area contributed by atoms with Crippen molar-refractivity contribution in [3.63, 3.8) is 0 Å². The number of pyridine rings is 1. The number of carbonyl (C=O) groups excluding carboxylic acids is 4. The minimum absolute atomic E-state index is 0.0467. The maximum atomic E-state index is 15.4. The Morgan fingerprint density at radius 2 is 1.65 bits per heavy atom. The number of nitrogens with zero attached hydrogens (tertiary/aromatic N) is 6. The maximum Gasteiger partial charge on any atom is 0.420 e. The van der Waals surface area contributed by atoms with Crippen LogP contribution in [0.25, 0.3) is 0 Å². The topological polar surface area (TPSA) is 190 Å². The van der Waals surface area contributed by atoms with E-state index in [1.165, 1.54) is 35.9 Å². The fourth-order valence-corrected chi connectivity index (χ4v) is 9.65. The van der Waals surface area contributed by atoms with Gasteiger partial charge in [0.05, 0.1) is 54.1 Å². The highest BCUT2D eigenvalue weighted by molar-refractivity contribution is 8.11. The largest absolute Gasteiger partial charge is 0.494 e. The molecule has 0 radical (unpaired) electrons. The van der Waals surface area contributed by atoms with Crippen molar-refractivity contribution in [2.45, 2.75) is 116 Å². The fraction of sp³-hybridized carbons (Fsp3) is 0.407. The predicted octanol–water partition coefficient (Wildman–Crippen LogP) is 9.26. The Bertz CT molecular complexity index is 2820. The SMILES string of the molecule is C=C(C)/N=C\SCc1ccc(CNC(=O)[C@@H]2C[C@@H](O)CN2C(=O)[C@@H](NC(=O)c2ccc(OCCCCCCOc3ccc(N4C(=S)N(c5ccc(C#N)c(C(F)(F)F)c5F)C(=O)C4(C)C)cn3)cc2)C(C)(C)C)cc1. The molecule has 2 aliphatic heterocycles. The number of aliphatic imine (C=N–C) groups is 1. The van der Waals surface area contributed by atoms with Crippen molar-refractivity contribution in [1.29, 1.82) is 5.26 Å². The standard InChI is InChI=1S/C54H60F4N8O7S2/c1-33(2)62-32-75-31-35-14-12-34(13-15-35)28-61-48(69)42-26-39(67)30-64(42)49(70)46(52(3,4)5)63-47(68)36-16-20-40(21-17-36)72-24-10-8-9-11-25-73-43-23-19-38(29-60-43)66-51(74)65(50(71)53(66,6)7)41-22-18-37(27-59)44(45(41)55)54(56,57)58/h12-23,29,32,39,42,46,67H,1,8-11,24-26,28,30-31H2,2-7H3,(H,61,69)(H,63,68)/b62-32-/t39-,42+,46-/m1/s1. The molecule has 0 aliphatic carbocycles. The number of aliphatic hydroxyl groups is 1. The molecule has 1 aromatic heterocycles. The first-order valence-corrected chi connectivity index (χ1v) is 25.6. The zero-order valence-corrected chi connectivity index (χ0v) is 44.1. The van der Waals surface area contributed by atoms with Crippen molar-refractivity contribution in [3.8, 4) is 17.7 Å². The normalized spacial score (nSPS) is 17.0. The average molecular weight is 1070 g/mol. The number of halogens is 4. The first-order valence-electron chi connectivity index (χ1n) is 24.2. The molecule has 4 amide bonds.